The van der Waals surface area contributed by atoms with Crippen molar-refractivity contribution in [3.8, 4) is 0 Å². The molecule has 0 N–H and O–H groups in total. The van der Waals surface area contributed by atoms with Crippen molar-refractivity contribution in [2.45, 2.75) is 19.9 Å². The maximum Gasteiger partial charge on any atom is 0.340 e. The van der Waals surface area contributed by atoms with Crippen LogP contribution in [0.25, 0.3) is 0 Å². The predicted molar refractivity (Wildman–Crippen MR) is 62.4 cm³/mol. The monoisotopic (exact) mass is 239 g/mol. The van der Waals surface area contributed by atoms with Crippen molar-refractivity contribution in [1.29, 1.82) is 0 Å². The van der Waals surface area contributed by atoms with Gasteiger partial charge in [-0.1, -0.05) is 0 Å². The quantitative estimate of drug-likeness (QED) is 0.560. The molecule has 0 fully saturated rings. The van der Waals surface area contributed by atoms with Gasteiger partial charge in [-0.3, -0.25) is 4.79 Å². The Kier molecular flexibility index (Phi) is 4.90. The van der Waals surface area contributed by atoms with Gasteiger partial charge in [-0.15, -0.1) is 0 Å². The number of aldehydes is 1. The summed E-state index contributed by atoms with van der Waals surface area (Å²) in [6.45, 7) is 4.39. The lowest BCUT2D eigenvalue weighted by atomic mass is 10.2. The molecule has 5 nitrogen and oxygen atoms in total. The fourth-order valence-electron chi connectivity index (χ4n) is 1.67. The van der Waals surface area contributed by atoms with Gasteiger partial charge in [0.25, 0.3) is 0 Å². The molecule has 0 amide bonds. The summed E-state index contributed by atoms with van der Waals surface area (Å²) >= 11 is 0. The van der Waals surface area contributed by atoms with Crippen LogP contribution < -0.4 is 0 Å². The first-order valence-corrected chi connectivity index (χ1v) is 5.47. The molecule has 0 aliphatic carbocycles. The number of rotatable bonds is 6. The van der Waals surface area contributed by atoms with Gasteiger partial charge >= 0.3 is 5.97 Å². The van der Waals surface area contributed by atoms with Crippen LogP contribution in [-0.4, -0.2) is 37.1 Å². The van der Waals surface area contributed by atoms with E-state index in [-0.39, 0.29) is 12.6 Å². The molecule has 1 rings (SSSR count). The zero-order chi connectivity index (χ0) is 12.8. The van der Waals surface area contributed by atoms with Crippen molar-refractivity contribution < 1.29 is 19.1 Å². The van der Waals surface area contributed by atoms with Crippen LogP contribution in [-0.2, 0) is 9.47 Å². The van der Waals surface area contributed by atoms with Gasteiger partial charge in [-0.05, 0) is 19.9 Å². The number of aromatic nitrogens is 1. The molecule has 1 atom stereocenters. The van der Waals surface area contributed by atoms with Crippen LogP contribution in [0.2, 0.25) is 0 Å². The molecule has 94 valence electrons. The Morgan fingerprint density at radius 3 is 2.82 bits per heavy atom. The summed E-state index contributed by atoms with van der Waals surface area (Å²) in [4.78, 5) is 22.6. The van der Waals surface area contributed by atoms with Crippen LogP contribution in [0.5, 0.6) is 0 Å². The maximum atomic E-state index is 11.6. The summed E-state index contributed by atoms with van der Waals surface area (Å²) in [5.74, 6) is -0.474. The Balaban J connectivity index is 3.02. The van der Waals surface area contributed by atoms with E-state index in [1.165, 1.54) is 0 Å². The lowest BCUT2D eigenvalue weighted by Crippen LogP contribution is -2.15. The first kappa shape index (κ1) is 13.4. The highest BCUT2D eigenvalue weighted by Crippen LogP contribution is 2.16. The van der Waals surface area contributed by atoms with Crippen LogP contribution in [0.1, 0.15) is 40.7 Å². The molecule has 0 bridgehead atoms. The van der Waals surface area contributed by atoms with E-state index in [4.69, 9.17) is 9.47 Å². The van der Waals surface area contributed by atoms with Gasteiger partial charge in [0.1, 0.15) is 0 Å². The Bertz CT molecular complexity index is 397. The van der Waals surface area contributed by atoms with Crippen molar-refractivity contribution >= 4 is 12.3 Å². The Morgan fingerprint density at radius 1 is 1.59 bits per heavy atom. The highest BCUT2D eigenvalue weighted by atomic mass is 16.5. The van der Waals surface area contributed by atoms with Crippen molar-refractivity contribution in [1.82, 2.24) is 4.57 Å². The maximum absolute atomic E-state index is 11.6. The second-order valence-corrected chi connectivity index (χ2v) is 3.66. The molecular weight excluding hydrogens is 222 g/mol. The third-order valence-corrected chi connectivity index (χ3v) is 2.45. The second kappa shape index (κ2) is 6.20. The van der Waals surface area contributed by atoms with E-state index < -0.39 is 5.97 Å². The van der Waals surface area contributed by atoms with Crippen molar-refractivity contribution in [2.24, 2.45) is 0 Å². The largest absolute Gasteiger partial charge is 0.462 e. The van der Waals surface area contributed by atoms with E-state index >= 15 is 0 Å². The fraction of sp³-hybridized carbons (Fsp3) is 0.500. The highest BCUT2D eigenvalue weighted by Gasteiger charge is 2.18. The molecule has 5 heteroatoms. The summed E-state index contributed by atoms with van der Waals surface area (Å²) in [6, 6.07) is 1.58. The standard InChI is InChI=1S/C12H17NO4/c1-4-17-12(15)10-5-6-13(11(10)7-14)9(2)8-16-3/h5-7,9H,4,8H2,1-3H3/t9-/m1/s1. The number of ether oxygens (including phenoxy) is 2. The summed E-state index contributed by atoms with van der Waals surface area (Å²) in [5, 5.41) is 0. The van der Waals surface area contributed by atoms with E-state index in [0.717, 1.165) is 0 Å². The van der Waals surface area contributed by atoms with E-state index in [2.05, 4.69) is 0 Å². The third-order valence-electron chi connectivity index (χ3n) is 2.45. The molecule has 0 aliphatic rings. The minimum atomic E-state index is -0.474. The van der Waals surface area contributed by atoms with Crippen LogP contribution in [0.4, 0.5) is 0 Å². The van der Waals surface area contributed by atoms with Crippen molar-refractivity contribution in [3.63, 3.8) is 0 Å². The number of methoxy groups -OCH3 is 1. The van der Waals surface area contributed by atoms with Crippen LogP contribution >= 0.6 is 0 Å². The average Bonchev–Trinajstić information content (AvgIpc) is 2.73. The van der Waals surface area contributed by atoms with E-state index in [9.17, 15) is 9.59 Å². The molecular formula is C12H17NO4. The number of carbonyl (C=O) groups is 2. The number of esters is 1. The smallest absolute Gasteiger partial charge is 0.340 e. The van der Waals surface area contributed by atoms with E-state index in [1.54, 1.807) is 30.9 Å². The van der Waals surface area contributed by atoms with Crippen molar-refractivity contribution in [2.75, 3.05) is 20.3 Å². The molecule has 0 spiro atoms. The van der Waals surface area contributed by atoms with Gasteiger partial charge in [0.05, 0.1) is 30.5 Å². The van der Waals surface area contributed by atoms with Gasteiger partial charge in [0, 0.05) is 13.3 Å². The summed E-state index contributed by atoms with van der Waals surface area (Å²) in [6.07, 6.45) is 2.36. The van der Waals surface area contributed by atoms with Gasteiger partial charge in [0.15, 0.2) is 6.29 Å². The van der Waals surface area contributed by atoms with E-state index in [1.807, 2.05) is 6.92 Å². The average molecular weight is 239 g/mol. The molecule has 0 saturated heterocycles. The van der Waals surface area contributed by atoms with Crippen molar-refractivity contribution in [3.05, 3.63) is 23.5 Å². The summed E-state index contributed by atoms with van der Waals surface area (Å²) < 4.78 is 11.6. The SMILES string of the molecule is CCOC(=O)c1ccn([C@H](C)COC)c1C=O. The lowest BCUT2D eigenvalue weighted by Gasteiger charge is -2.14. The van der Waals surface area contributed by atoms with Crippen LogP contribution in [0.3, 0.4) is 0 Å². The van der Waals surface area contributed by atoms with Gasteiger partial charge < -0.3 is 14.0 Å². The normalized spacial score (nSPS) is 12.2. The zero-order valence-electron chi connectivity index (χ0n) is 10.3. The Labute approximate surface area is 100 Å². The number of hydrogen-bond donors (Lipinski definition) is 0. The Hall–Kier alpha value is -1.62. The molecule has 0 aliphatic heterocycles. The minimum Gasteiger partial charge on any atom is -0.462 e. The third kappa shape index (κ3) is 2.94. The van der Waals surface area contributed by atoms with Gasteiger partial charge in [-0.2, -0.15) is 0 Å². The molecule has 17 heavy (non-hydrogen) atoms. The first-order valence-electron chi connectivity index (χ1n) is 5.47. The first-order chi connectivity index (χ1) is 8.15. The summed E-state index contributed by atoms with van der Waals surface area (Å²) in [5.41, 5.74) is 0.623. The van der Waals surface area contributed by atoms with E-state index in [0.29, 0.717) is 24.2 Å². The molecule has 0 unspecified atom stereocenters. The predicted octanol–water partition coefficient (Wildman–Crippen LogP) is 1.68. The molecule has 1 heterocycles. The summed E-state index contributed by atoms with van der Waals surface area (Å²) in [7, 11) is 1.59. The molecule has 1 aromatic heterocycles. The van der Waals surface area contributed by atoms with Crippen LogP contribution in [0.15, 0.2) is 12.3 Å². The van der Waals surface area contributed by atoms with Gasteiger partial charge in [-0.25, -0.2) is 4.79 Å². The van der Waals surface area contributed by atoms with Crippen LogP contribution in [0, 0.1) is 0 Å². The minimum absolute atomic E-state index is 0.0108. The highest BCUT2D eigenvalue weighted by molar-refractivity contribution is 5.97. The zero-order valence-corrected chi connectivity index (χ0v) is 10.3. The van der Waals surface area contributed by atoms with Gasteiger partial charge in [0.2, 0.25) is 0 Å². The fourth-order valence-corrected chi connectivity index (χ4v) is 1.67. The number of hydrogen-bond acceptors (Lipinski definition) is 4. The second-order valence-electron chi connectivity index (χ2n) is 3.66. The molecule has 0 radical (unpaired) electrons. The molecule has 0 saturated carbocycles. The topological polar surface area (TPSA) is 57.5 Å². The Morgan fingerprint density at radius 2 is 2.29 bits per heavy atom. The number of nitrogens with zero attached hydrogens (tertiary/aromatic N) is 1. The lowest BCUT2D eigenvalue weighted by molar-refractivity contribution is 0.0523. The number of carbonyl (C=O) groups excluding carboxylic acids is 2. The molecule has 1 aromatic rings. The molecule has 0 aromatic carbocycles.